The van der Waals surface area contributed by atoms with Crippen LogP contribution in [0.3, 0.4) is 0 Å². The van der Waals surface area contributed by atoms with Gasteiger partial charge in [0.05, 0.1) is 15.6 Å². The van der Waals surface area contributed by atoms with Crippen molar-refractivity contribution >= 4 is 57.8 Å². The first-order valence-corrected chi connectivity index (χ1v) is 16.0. The molecule has 9 N–H and O–H groups in total. The molecule has 43 heavy (non-hydrogen) atoms. The predicted octanol–water partition coefficient (Wildman–Crippen LogP) is 3.53. The number of carbonyl (C=O) groups is 4. The summed E-state index contributed by atoms with van der Waals surface area (Å²) in [5.41, 5.74) is 1.49. The number of hydrogen-bond donors (Lipinski definition) is 9. The van der Waals surface area contributed by atoms with Crippen LogP contribution in [-0.2, 0) is 16.1 Å². The van der Waals surface area contributed by atoms with Gasteiger partial charge in [-0.2, -0.15) is 0 Å². The van der Waals surface area contributed by atoms with Crippen LogP contribution in [0.25, 0.3) is 0 Å². The number of phenolic OH excluding ortho intramolecular Hbond substituents is 1. The van der Waals surface area contributed by atoms with E-state index in [-0.39, 0.29) is 47.3 Å². The Labute approximate surface area is 259 Å². The molecule has 1 aliphatic rings. The summed E-state index contributed by atoms with van der Waals surface area (Å²) in [4.78, 5) is 48.4. The molecule has 0 aliphatic carbocycles. The first-order valence-electron chi connectivity index (χ1n) is 13.1. The lowest BCUT2D eigenvalue weighted by atomic mass is 10.1. The summed E-state index contributed by atoms with van der Waals surface area (Å²) in [7, 11) is -3.30. The second-order valence-corrected chi connectivity index (χ2v) is 13.4. The second-order valence-electron chi connectivity index (χ2n) is 9.62. The number of carboxylic acids is 1. The number of phenols is 1. The van der Waals surface area contributed by atoms with Crippen molar-refractivity contribution in [3.05, 3.63) is 74.9 Å². The normalized spacial score (nSPS) is 15.8. The van der Waals surface area contributed by atoms with Gasteiger partial charge in [-0.1, -0.05) is 35.5 Å². The molecule has 1 heterocycles. The predicted molar refractivity (Wildman–Crippen MR) is 165 cm³/mol. The summed E-state index contributed by atoms with van der Waals surface area (Å²) in [6, 6.07) is 9.22. The van der Waals surface area contributed by atoms with E-state index in [0.29, 0.717) is 29.1 Å². The molecule has 0 fully saturated rings. The maximum Gasteiger partial charge on any atom is 0.326 e. The van der Waals surface area contributed by atoms with Gasteiger partial charge in [-0.05, 0) is 62.1 Å². The Hall–Kier alpha value is -3.47. The fraction of sp³-hybridized carbons (Fsp3) is 0.333. The van der Waals surface area contributed by atoms with Gasteiger partial charge in [0.15, 0.2) is 4.71 Å². The van der Waals surface area contributed by atoms with Crippen LogP contribution in [-0.4, -0.2) is 60.3 Å². The molecular formula is C27H34ClN5O8S2. The van der Waals surface area contributed by atoms with Crippen molar-refractivity contribution in [3.63, 3.8) is 0 Å². The summed E-state index contributed by atoms with van der Waals surface area (Å²) in [6.45, 7) is 3.38. The molecule has 3 rings (SSSR count). The van der Waals surface area contributed by atoms with Crippen molar-refractivity contribution in [2.24, 2.45) is 0 Å². The summed E-state index contributed by atoms with van der Waals surface area (Å²) in [5, 5.41) is 30.3. The summed E-state index contributed by atoms with van der Waals surface area (Å²) in [5.74, 6) is -2.63. The highest BCUT2D eigenvalue weighted by Crippen LogP contribution is 2.49. The Morgan fingerprint density at radius 3 is 2.49 bits per heavy atom. The molecular weight excluding hydrogens is 622 g/mol. The largest absolute Gasteiger partial charge is 0.508 e. The SMILES string of the molecule is CC(=O)NC1=C(C)NC(S(O)(O)NCCCC[C@H](NC(=O)c2ccc(C(=O)NCc3cccc(O)c3)cc2Cl)C(=O)O)S1. The first-order chi connectivity index (χ1) is 20.3. The zero-order chi connectivity index (χ0) is 31.7. The van der Waals surface area contributed by atoms with E-state index in [1.165, 1.54) is 37.3 Å². The summed E-state index contributed by atoms with van der Waals surface area (Å²) in [6.07, 6.45) is 0.787. The van der Waals surface area contributed by atoms with E-state index >= 15 is 0 Å². The maximum absolute atomic E-state index is 12.8. The van der Waals surface area contributed by atoms with Crippen molar-refractivity contribution in [3.8, 4) is 5.75 Å². The van der Waals surface area contributed by atoms with E-state index in [0.717, 1.165) is 11.8 Å². The third-order valence-corrected chi connectivity index (χ3v) is 9.89. The smallest absolute Gasteiger partial charge is 0.326 e. The lowest BCUT2D eigenvalue weighted by Gasteiger charge is -2.38. The third-order valence-electron chi connectivity index (χ3n) is 6.16. The second kappa shape index (κ2) is 15.3. The molecule has 0 radical (unpaired) electrons. The van der Waals surface area contributed by atoms with Crippen LogP contribution in [0.5, 0.6) is 5.75 Å². The van der Waals surface area contributed by atoms with Crippen LogP contribution in [0.4, 0.5) is 0 Å². The van der Waals surface area contributed by atoms with Crippen molar-refractivity contribution in [1.29, 1.82) is 0 Å². The van der Waals surface area contributed by atoms with Crippen LogP contribution in [0.1, 0.15) is 59.4 Å². The Kier molecular flexibility index (Phi) is 12.1. The highest BCUT2D eigenvalue weighted by atomic mass is 35.5. The molecule has 0 saturated heterocycles. The number of benzene rings is 2. The van der Waals surface area contributed by atoms with Gasteiger partial charge in [0.25, 0.3) is 11.8 Å². The minimum Gasteiger partial charge on any atom is -0.508 e. The molecule has 0 saturated carbocycles. The van der Waals surface area contributed by atoms with Crippen LogP contribution in [0, 0.1) is 0 Å². The minimum absolute atomic E-state index is 0.00263. The van der Waals surface area contributed by atoms with Crippen LogP contribution in [0.15, 0.2) is 53.2 Å². The molecule has 2 aromatic carbocycles. The van der Waals surface area contributed by atoms with Gasteiger partial charge in [0.2, 0.25) is 5.91 Å². The number of hydrogen-bond acceptors (Lipinski definition) is 10. The van der Waals surface area contributed by atoms with Gasteiger partial charge in [-0.25, -0.2) is 9.52 Å². The Morgan fingerprint density at radius 1 is 1.09 bits per heavy atom. The number of unbranched alkanes of at least 4 members (excludes halogenated alkanes) is 1. The molecule has 1 unspecified atom stereocenters. The van der Waals surface area contributed by atoms with E-state index in [1.807, 2.05) is 0 Å². The van der Waals surface area contributed by atoms with Gasteiger partial charge in [0, 0.05) is 31.3 Å². The van der Waals surface area contributed by atoms with Gasteiger partial charge >= 0.3 is 5.97 Å². The molecule has 16 heteroatoms. The topological polar surface area (TPSA) is 209 Å². The number of nitrogens with one attached hydrogen (secondary N) is 5. The van der Waals surface area contributed by atoms with Crippen molar-refractivity contribution in [2.45, 2.75) is 50.4 Å². The van der Waals surface area contributed by atoms with Crippen molar-refractivity contribution in [2.75, 3.05) is 6.54 Å². The fourth-order valence-electron chi connectivity index (χ4n) is 3.96. The Morgan fingerprint density at radius 2 is 1.84 bits per heavy atom. The lowest BCUT2D eigenvalue weighted by molar-refractivity contribution is -0.139. The zero-order valence-electron chi connectivity index (χ0n) is 23.3. The number of rotatable bonds is 14. The minimum atomic E-state index is -3.30. The molecule has 13 nitrogen and oxygen atoms in total. The van der Waals surface area contributed by atoms with E-state index in [4.69, 9.17) is 11.6 Å². The summed E-state index contributed by atoms with van der Waals surface area (Å²) < 4.78 is 22.9. The number of halogens is 1. The molecule has 234 valence electrons. The average Bonchev–Trinajstić information content (AvgIpc) is 3.30. The number of carbonyl (C=O) groups excluding carboxylic acids is 3. The van der Waals surface area contributed by atoms with Crippen molar-refractivity contribution < 1.29 is 38.5 Å². The monoisotopic (exact) mass is 655 g/mol. The number of allylic oxidation sites excluding steroid dienone is 1. The van der Waals surface area contributed by atoms with Gasteiger partial charge in [-0.3, -0.25) is 23.5 Å². The molecule has 0 aromatic heterocycles. The Balaban J connectivity index is 1.46. The van der Waals surface area contributed by atoms with Crippen molar-refractivity contribution in [1.82, 2.24) is 26.0 Å². The number of amides is 3. The first kappa shape index (κ1) is 34.0. The number of carboxylic acid groups (broad SMARTS) is 1. The number of thioether (sulfide) groups is 1. The van der Waals surface area contributed by atoms with E-state index < -0.39 is 39.3 Å². The molecule has 2 aromatic rings. The van der Waals surface area contributed by atoms with Gasteiger partial charge < -0.3 is 31.5 Å². The molecule has 0 bridgehead atoms. The third kappa shape index (κ3) is 10.0. The number of aliphatic carboxylic acids is 1. The van der Waals surface area contributed by atoms with Crippen LogP contribution in [0.2, 0.25) is 5.02 Å². The van der Waals surface area contributed by atoms with E-state index in [2.05, 4.69) is 26.0 Å². The van der Waals surface area contributed by atoms with E-state index in [1.54, 1.807) is 19.1 Å². The number of aromatic hydroxyl groups is 1. The van der Waals surface area contributed by atoms with Crippen LogP contribution < -0.4 is 26.0 Å². The highest BCUT2D eigenvalue weighted by molar-refractivity contribution is 8.32. The fourth-order valence-corrected chi connectivity index (χ4v) is 7.08. The summed E-state index contributed by atoms with van der Waals surface area (Å²) >= 11 is 7.33. The van der Waals surface area contributed by atoms with Gasteiger partial charge in [-0.15, -0.1) is 10.8 Å². The maximum atomic E-state index is 12.8. The quantitative estimate of drug-likeness (QED) is 0.134. The highest BCUT2D eigenvalue weighted by Gasteiger charge is 2.33. The Bertz CT molecular complexity index is 1410. The lowest BCUT2D eigenvalue weighted by Crippen LogP contribution is -2.41. The van der Waals surface area contributed by atoms with E-state index in [9.17, 15) is 38.5 Å². The average molecular weight is 656 g/mol. The zero-order valence-corrected chi connectivity index (χ0v) is 25.7. The molecule has 2 atom stereocenters. The standard InChI is InChI=1S/C27H34ClN5O8S2/c1-15-25(32-16(2)34)42-27(31-15)43(40,41)30-11-4-3-8-22(26(38)39)33-24(37)20-10-9-18(13-21(20)28)23(36)29-14-17-6-5-7-19(35)12-17/h5-7,9-10,12-13,22,27,30-31,35,40-41H,3-4,8,11,14H2,1-2H3,(H,29,36)(H,32,34)(H,33,37)(H,38,39)/t22-,27?/m0/s1. The molecule has 1 aliphatic heterocycles. The van der Waals surface area contributed by atoms with Gasteiger partial charge in [0.1, 0.15) is 11.8 Å². The molecule has 3 amide bonds. The van der Waals surface area contributed by atoms with Crippen LogP contribution >= 0.6 is 34.1 Å². The molecule has 0 spiro atoms.